The number of piperidine rings is 1. The van der Waals surface area contributed by atoms with E-state index in [0.717, 1.165) is 61.6 Å². The summed E-state index contributed by atoms with van der Waals surface area (Å²) in [4.78, 5) is 26.3. The van der Waals surface area contributed by atoms with Gasteiger partial charge in [0.25, 0.3) is 5.91 Å². The second-order valence-corrected chi connectivity index (χ2v) is 10.9. The number of fused-ring (bicyclic) bond motifs is 1. The van der Waals surface area contributed by atoms with E-state index in [1.165, 1.54) is 27.8 Å². The summed E-state index contributed by atoms with van der Waals surface area (Å²) in [6.45, 7) is 4.97. The molecular formula is C30H34N4O2S. The van der Waals surface area contributed by atoms with Gasteiger partial charge in [0.1, 0.15) is 11.4 Å². The minimum atomic E-state index is 0.0560. The maximum atomic E-state index is 13.0. The van der Waals surface area contributed by atoms with E-state index >= 15 is 0 Å². The summed E-state index contributed by atoms with van der Waals surface area (Å²) in [6, 6.07) is 19.0. The average Bonchev–Trinajstić information content (AvgIpc) is 3.35. The molecule has 37 heavy (non-hydrogen) atoms. The first-order chi connectivity index (χ1) is 18.1. The lowest BCUT2D eigenvalue weighted by molar-refractivity contribution is 0.0575. The third kappa shape index (κ3) is 6.35. The standard InChI is InChI=1S/C30H34N4O2S/c1-22-32-28(21-37-22)30(35)34-16-4-3-12-26(34)14-17-36-27-13-5-8-23(18-27)19-33(2)20-25-10-6-9-24-11-7-15-31-29(24)25/h5-11,13,15,18,21,26H,3-4,12,14,16-17,19-20H2,1-2H3/t26-/m0/s1. The molecule has 0 spiro atoms. The number of hydrogen-bond donors (Lipinski definition) is 0. The van der Waals surface area contributed by atoms with Gasteiger partial charge in [-0.1, -0.05) is 36.4 Å². The Morgan fingerprint density at radius 3 is 2.86 bits per heavy atom. The molecule has 1 aliphatic rings. The van der Waals surface area contributed by atoms with Crippen molar-refractivity contribution in [3.05, 3.63) is 88.0 Å². The molecule has 0 unspecified atom stereocenters. The molecule has 0 aliphatic carbocycles. The van der Waals surface area contributed by atoms with Crippen molar-refractivity contribution < 1.29 is 9.53 Å². The van der Waals surface area contributed by atoms with Crippen LogP contribution in [0.1, 0.15) is 52.3 Å². The lowest BCUT2D eigenvalue weighted by atomic mass is 9.99. The second kappa shape index (κ2) is 11.8. The predicted octanol–water partition coefficient (Wildman–Crippen LogP) is 6.10. The van der Waals surface area contributed by atoms with Crippen molar-refractivity contribution in [3.63, 3.8) is 0 Å². The minimum Gasteiger partial charge on any atom is -0.494 e. The average molecular weight is 515 g/mol. The number of para-hydroxylation sites is 1. The van der Waals surface area contributed by atoms with Crippen LogP contribution >= 0.6 is 11.3 Å². The Kier molecular flexibility index (Phi) is 8.12. The van der Waals surface area contributed by atoms with Gasteiger partial charge in [0.15, 0.2) is 0 Å². The van der Waals surface area contributed by atoms with Crippen molar-refractivity contribution in [2.45, 2.75) is 51.7 Å². The summed E-state index contributed by atoms with van der Waals surface area (Å²) in [5.41, 5.74) is 4.08. The molecule has 192 valence electrons. The number of aryl methyl sites for hydroxylation is 1. The predicted molar refractivity (Wildman–Crippen MR) is 149 cm³/mol. The van der Waals surface area contributed by atoms with Gasteiger partial charge in [-0.05, 0) is 62.6 Å². The molecule has 6 nitrogen and oxygen atoms in total. The van der Waals surface area contributed by atoms with Crippen LogP contribution in [0.5, 0.6) is 5.75 Å². The molecule has 1 fully saturated rings. The van der Waals surface area contributed by atoms with E-state index in [2.05, 4.69) is 64.4 Å². The molecule has 0 N–H and O–H groups in total. The molecule has 0 saturated carbocycles. The van der Waals surface area contributed by atoms with E-state index in [9.17, 15) is 4.79 Å². The van der Waals surface area contributed by atoms with E-state index in [1.807, 2.05) is 35.5 Å². The zero-order valence-corrected chi connectivity index (χ0v) is 22.4. The van der Waals surface area contributed by atoms with Crippen LogP contribution in [0.15, 0.2) is 66.2 Å². The molecule has 2 aromatic heterocycles. The van der Waals surface area contributed by atoms with Gasteiger partial charge in [-0.3, -0.25) is 14.7 Å². The fraction of sp³-hybridized carbons (Fsp3) is 0.367. The number of ether oxygens (including phenoxy) is 1. The highest BCUT2D eigenvalue weighted by Gasteiger charge is 2.28. The Bertz CT molecular complexity index is 1350. The minimum absolute atomic E-state index is 0.0560. The number of rotatable bonds is 9. The van der Waals surface area contributed by atoms with E-state index in [4.69, 9.17) is 4.74 Å². The molecule has 7 heteroatoms. The number of amides is 1. The Balaban J connectivity index is 1.16. The van der Waals surface area contributed by atoms with Crippen LogP contribution in [-0.2, 0) is 13.1 Å². The summed E-state index contributed by atoms with van der Waals surface area (Å²) in [5.74, 6) is 0.932. The monoisotopic (exact) mass is 514 g/mol. The fourth-order valence-corrected chi connectivity index (χ4v) is 5.76. The lowest BCUT2D eigenvalue weighted by Gasteiger charge is -2.35. The first-order valence-electron chi connectivity index (χ1n) is 13.0. The van der Waals surface area contributed by atoms with Crippen molar-refractivity contribution in [1.29, 1.82) is 0 Å². The number of carbonyl (C=O) groups excluding carboxylic acids is 1. The third-order valence-electron chi connectivity index (χ3n) is 6.95. The quantitative estimate of drug-likeness (QED) is 0.270. The highest BCUT2D eigenvalue weighted by molar-refractivity contribution is 7.09. The number of thiazole rings is 1. The molecule has 0 radical (unpaired) electrons. The number of hydrogen-bond acceptors (Lipinski definition) is 6. The fourth-order valence-electron chi connectivity index (χ4n) is 5.18. The maximum Gasteiger partial charge on any atom is 0.273 e. The largest absolute Gasteiger partial charge is 0.494 e. The highest BCUT2D eigenvalue weighted by atomic mass is 32.1. The Hall–Kier alpha value is -3.29. The van der Waals surface area contributed by atoms with Crippen LogP contribution in [0.3, 0.4) is 0 Å². The Labute approximate surface area is 222 Å². The number of carbonyl (C=O) groups is 1. The van der Waals surface area contributed by atoms with Gasteiger partial charge in [0.2, 0.25) is 0 Å². The number of aromatic nitrogens is 2. The van der Waals surface area contributed by atoms with Crippen LogP contribution in [0.25, 0.3) is 10.9 Å². The zero-order chi connectivity index (χ0) is 25.6. The second-order valence-electron chi connectivity index (χ2n) is 9.85. The number of pyridine rings is 1. The van der Waals surface area contributed by atoms with Crippen LogP contribution in [0.4, 0.5) is 0 Å². The van der Waals surface area contributed by atoms with Gasteiger partial charge in [0, 0.05) is 49.1 Å². The van der Waals surface area contributed by atoms with Gasteiger partial charge >= 0.3 is 0 Å². The molecule has 2 aromatic carbocycles. The SMILES string of the molecule is Cc1nc(C(=O)N2CCCC[C@H]2CCOc2cccc(CN(C)Cc3cccc4cccnc34)c2)cs1. The van der Waals surface area contributed by atoms with Crippen molar-refractivity contribution >= 4 is 28.1 Å². The van der Waals surface area contributed by atoms with Gasteiger partial charge in [-0.2, -0.15) is 0 Å². The molecule has 1 atom stereocenters. The third-order valence-corrected chi connectivity index (χ3v) is 7.73. The van der Waals surface area contributed by atoms with Crippen molar-refractivity contribution in [1.82, 2.24) is 19.8 Å². The number of nitrogens with zero attached hydrogens (tertiary/aromatic N) is 4. The zero-order valence-electron chi connectivity index (χ0n) is 21.6. The van der Waals surface area contributed by atoms with Crippen molar-refractivity contribution in [2.24, 2.45) is 0 Å². The molecule has 1 amide bonds. The molecule has 1 saturated heterocycles. The van der Waals surface area contributed by atoms with E-state index < -0.39 is 0 Å². The van der Waals surface area contributed by atoms with Crippen LogP contribution in [0, 0.1) is 6.92 Å². The first-order valence-corrected chi connectivity index (χ1v) is 13.9. The Morgan fingerprint density at radius 1 is 1.14 bits per heavy atom. The summed E-state index contributed by atoms with van der Waals surface area (Å²) in [6.07, 6.45) is 5.91. The van der Waals surface area contributed by atoms with Crippen LogP contribution in [0.2, 0.25) is 0 Å². The summed E-state index contributed by atoms with van der Waals surface area (Å²) >= 11 is 1.53. The molecular weight excluding hydrogens is 480 g/mol. The summed E-state index contributed by atoms with van der Waals surface area (Å²) in [5, 5.41) is 3.97. The molecule has 5 rings (SSSR count). The molecule has 4 aromatic rings. The maximum absolute atomic E-state index is 13.0. The first kappa shape index (κ1) is 25.4. The lowest BCUT2D eigenvalue weighted by Crippen LogP contribution is -2.44. The highest BCUT2D eigenvalue weighted by Crippen LogP contribution is 2.24. The van der Waals surface area contributed by atoms with Gasteiger partial charge in [-0.15, -0.1) is 11.3 Å². The normalized spacial score (nSPS) is 15.9. The van der Waals surface area contributed by atoms with Gasteiger partial charge in [0.05, 0.1) is 17.1 Å². The van der Waals surface area contributed by atoms with Crippen molar-refractivity contribution in [3.8, 4) is 5.75 Å². The van der Waals surface area contributed by atoms with Gasteiger partial charge in [-0.25, -0.2) is 4.98 Å². The van der Waals surface area contributed by atoms with E-state index in [-0.39, 0.29) is 11.9 Å². The van der Waals surface area contributed by atoms with Gasteiger partial charge < -0.3 is 9.64 Å². The van der Waals surface area contributed by atoms with E-state index in [1.54, 1.807) is 0 Å². The smallest absolute Gasteiger partial charge is 0.273 e. The van der Waals surface area contributed by atoms with Crippen molar-refractivity contribution in [2.75, 3.05) is 20.2 Å². The summed E-state index contributed by atoms with van der Waals surface area (Å²) in [7, 11) is 2.13. The van der Waals surface area contributed by atoms with E-state index in [0.29, 0.717) is 12.3 Å². The van der Waals surface area contributed by atoms with Crippen LogP contribution < -0.4 is 4.74 Å². The number of likely N-dealkylation sites (tertiary alicyclic amines) is 1. The van der Waals surface area contributed by atoms with Crippen LogP contribution in [-0.4, -0.2) is 51.9 Å². The summed E-state index contributed by atoms with van der Waals surface area (Å²) < 4.78 is 6.16. The molecule has 0 bridgehead atoms. The molecule has 3 heterocycles. The Morgan fingerprint density at radius 2 is 2.00 bits per heavy atom. The molecule has 1 aliphatic heterocycles. The number of benzene rings is 2. The topological polar surface area (TPSA) is 58.6 Å².